The predicted molar refractivity (Wildman–Crippen MR) is 211 cm³/mol. The van der Waals surface area contributed by atoms with Gasteiger partial charge in [-0.1, -0.05) is 57.8 Å². The summed E-state index contributed by atoms with van der Waals surface area (Å²) in [6, 6.07) is 7.56. The Kier molecular flexibility index (Phi) is 10.1. The molecule has 12 nitrogen and oxygen atoms in total. The summed E-state index contributed by atoms with van der Waals surface area (Å²) in [7, 11) is 0. The van der Waals surface area contributed by atoms with E-state index in [1.807, 2.05) is 41.5 Å². The van der Waals surface area contributed by atoms with Gasteiger partial charge < -0.3 is 0 Å². The van der Waals surface area contributed by atoms with Gasteiger partial charge in [-0.3, -0.25) is 14.7 Å². The fraction of sp³-hybridized carbons (Fsp3) is 0.533. The van der Waals surface area contributed by atoms with Crippen molar-refractivity contribution in [2.24, 2.45) is 16.2 Å². The lowest BCUT2D eigenvalue weighted by atomic mass is 9.61. The van der Waals surface area contributed by atoms with Crippen molar-refractivity contribution < 1.29 is 0 Å². The van der Waals surface area contributed by atoms with Crippen molar-refractivity contribution in [3.8, 4) is 36.8 Å². The minimum atomic E-state index is -0.762. The molecule has 4 heterocycles. The Morgan fingerprint density at radius 2 is 0.596 bits per heavy atom. The molecule has 3 saturated carbocycles. The van der Waals surface area contributed by atoms with Gasteiger partial charge in [-0.25, -0.2) is 15.0 Å². The van der Waals surface area contributed by atoms with Crippen LogP contribution >= 0.6 is 0 Å². The molecule has 3 aliphatic heterocycles. The van der Waals surface area contributed by atoms with E-state index in [4.69, 9.17) is 15.0 Å². The Hall–Kier alpha value is -6.21. The lowest BCUT2D eigenvalue weighted by Crippen LogP contribution is -2.40. The van der Waals surface area contributed by atoms with Gasteiger partial charge >= 0.3 is 0 Å². The number of aromatic nitrogens is 3. The Labute approximate surface area is 336 Å². The highest BCUT2D eigenvalue weighted by molar-refractivity contribution is 5.83. The first-order valence-corrected chi connectivity index (χ1v) is 20.3. The highest BCUT2D eigenvalue weighted by Gasteiger charge is 2.52. The summed E-state index contributed by atoms with van der Waals surface area (Å²) in [4.78, 5) is 20.7. The van der Waals surface area contributed by atoms with Crippen LogP contribution in [0.2, 0.25) is 0 Å². The predicted octanol–water partition coefficient (Wildman–Crippen LogP) is 9.70. The van der Waals surface area contributed by atoms with Crippen LogP contribution in [0.3, 0.4) is 0 Å². The van der Waals surface area contributed by atoms with Crippen molar-refractivity contribution in [2.75, 3.05) is 0 Å². The maximum Gasteiger partial charge on any atom is 0.188 e. The zero-order valence-corrected chi connectivity index (χ0v) is 34.0. The van der Waals surface area contributed by atoms with Crippen molar-refractivity contribution in [3.63, 3.8) is 0 Å². The summed E-state index contributed by atoms with van der Waals surface area (Å²) in [6.07, 6.45) is 19.4. The molecule has 1 aromatic heterocycles. The summed E-state index contributed by atoms with van der Waals surface area (Å²) in [5.41, 5.74) is 5.12. The smallest absolute Gasteiger partial charge is 0.188 e. The van der Waals surface area contributed by atoms with E-state index in [9.17, 15) is 31.6 Å². The second kappa shape index (κ2) is 14.7. The third-order valence-electron chi connectivity index (χ3n) is 14.1. The molecule has 3 spiro atoms. The standard InChI is InChI=1S/C45H48N12/c1-28-34(22-46)43(16-10-7-11-17-43)37(31(4)55(28)25-49)40-52-41(38-32(5)56(26-50)29(2)35(23-47)44(38)18-12-8-13-19-44)54-42(53-40)39-33(6)57(27-51)30(3)36(24-48)45(39)20-14-9-15-21-45/h7-21H2,1-6H3. The molecular weight excluding hydrogens is 709 g/mol. The minimum absolute atomic E-state index is 0.328. The van der Waals surface area contributed by atoms with Crippen molar-refractivity contribution in [1.29, 1.82) is 31.6 Å². The summed E-state index contributed by atoms with van der Waals surface area (Å²) in [5, 5.41) is 64.3. The highest BCUT2D eigenvalue weighted by Crippen LogP contribution is 2.60. The number of allylic oxidation sites excluding steroid dienone is 12. The number of hydrogen-bond acceptors (Lipinski definition) is 12. The molecule has 0 aromatic carbocycles. The van der Waals surface area contributed by atoms with E-state index in [-0.39, 0.29) is 0 Å². The van der Waals surface area contributed by atoms with Crippen LogP contribution in [-0.4, -0.2) is 29.7 Å². The molecule has 1 aromatic rings. The van der Waals surface area contributed by atoms with Gasteiger partial charge in [0.2, 0.25) is 0 Å². The van der Waals surface area contributed by atoms with Gasteiger partial charge in [0.25, 0.3) is 0 Å². The zero-order valence-electron chi connectivity index (χ0n) is 34.0. The largest absolute Gasteiger partial charge is 0.255 e. The third-order valence-corrected chi connectivity index (χ3v) is 14.1. The fourth-order valence-electron chi connectivity index (χ4n) is 11.7. The first-order valence-electron chi connectivity index (χ1n) is 20.3. The fourth-order valence-corrected chi connectivity index (χ4v) is 11.7. The number of rotatable bonds is 3. The van der Waals surface area contributed by atoms with Gasteiger partial charge in [-0.05, 0) is 80.1 Å². The summed E-state index contributed by atoms with van der Waals surface area (Å²) in [5.74, 6) is 0.983. The molecule has 288 valence electrons. The molecule has 57 heavy (non-hydrogen) atoms. The molecule has 0 bridgehead atoms. The Bertz CT molecular complexity index is 2110. The van der Waals surface area contributed by atoms with Crippen LogP contribution in [0.5, 0.6) is 0 Å². The molecule has 0 unspecified atom stereocenters. The quantitative estimate of drug-likeness (QED) is 0.266. The Balaban J connectivity index is 1.64. The van der Waals surface area contributed by atoms with Crippen LogP contribution in [0.4, 0.5) is 0 Å². The van der Waals surface area contributed by atoms with E-state index in [0.717, 1.165) is 57.8 Å². The number of hydrogen-bond donors (Lipinski definition) is 0. The Morgan fingerprint density at radius 1 is 0.368 bits per heavy atom. The van der Waals surface area contributed by atoms with E-state index in [1.54, 1.807) is 0 Å². The molecule has 7 rings (SSSR count). The SMILES string of the molecule is CC1=C(C#N)C2(CCCCC2)C(c2nc(C3=C(C)N(C#N)C(C)=C(C#N)C34CCCCC4)nc(C3=C(C)N(C#N)C(C)=C(C#N)C34CCCCC4)n2)=C(C)N1C#N. The van der Waals surface area contributed by atoms with Crippen LogP contribution in [0.15, 0.2) is 50.9 Å². The summed E-state index contributed by atoms with van der Waals surface area (Å²) < 4.78 is 0. The molecule has 0 N–H and O–H groups in total. The van der Waals surface area contributed by atoms with E-state index >= 15 is 0 Å². The van der Waals surface area contributed by atoms with Crippen LogP contribution in [-0.2, 0) is 0 Å². The maximum absolute atomic E-state index is 10.9. The molecule has 0 amide bonds. The van der Waals surface area contributed by atoms with E-state index in [1.165, 1.54) is 14.7 Å². The third kappa shape index (κ3) is 5.50. The average Bonchev–Trinajstić information content (AvgIpc) is 3.20. The van der Waals surface area contributed by atoms with Crippen LogP contribution in [0.1, 0.15) is 155 Å². The average molecular weight is 757 g/mol. The monoisotopic (exact) mass is 756 g/mol. The molecular formula is C45H48N12. The molecule has 12 heteroatoms. The van der Waals surface area contributed by atoms with Gasteiger partial charge in [0.15, 0.2) is 36.1 Å². The van der Waals surface area contributed by atoms with Gasteiger partial charge in [-0.15, -0.1) is 0 Å². The van der Waals surface area contributed by atoms with Gasteiger partial charge in [0.05, 0.1) is 34.9 Å². The summed E-state index contributed by atoms with van der Waals surface area (Å²) >= 11 is 0. The maximum atomic E-state index is 10.9. The molecule has 3 aliphatic carbocycles. The van der Waals surface area contributed by atoms with Crippen LogP contribution in [0, 0.1) is 84.6 Å². The highest BCUT2D eigenvalue weighted by atomic mass is 15.2. The van der Waals surface area contributed by atoms with E-state index < -0.39 is 16.2 Å². The lowest BCUT2D eigenvalue weighted by Gasteiger charge is -2.46. The first kappa shape index (κ1) is 39.0. The molecule has 0 atom stereocenters. The molecule has 0 radical (unpaired) electrons. The number of nitriles is 6. The van der Waals surface area contributed by atoms with Gasteiger partial charge in [0, 0.05) is 67.1 Å². The normalized spacial score (nSPS) is 23.1. The Morgan fingerprint density at radius 3 is 0.789 bits per heavy atom. The van der Waals surface area contributed by atoms with Crippen molar-refractivity contribution in [3.05, 3.63) is 68.4 Å². The summed E-state index contributed by atoms with van der Waals surface area (Å²) in [6.45, 7) is 11.2. The minimum Gasteiger partial charge on any atom is -0.255 e. The second-order valence-electron chi connectivity index (χ2n) is 16.6. The van der Waals surface area contributed by atoms with Gasteiger partial charge in [0.1, 0.15) is 0 Å². The van der Waals surface area contributed by atoms with Crippen molar-refractivity contribution in [1.82, 2.24) is 29.7 Å². The van der Waals surface area contributed by atoms with Crippen LogP contribution < -0.4 is 0 Å². The second-order valence-corrected chi connectivity index (χ2v) is 16.6. The van der Waals surface area contributed by atoms with E-state index in [0.29, 0.717) is 124 Å². The van der Waals surface area contributed by atoms with Crippen molar-refractivity contribution >= 4 is 16.7 Å². The first-order chi connectivity index (χ1) is 27.5. The van der Waals surface area contributed by atoms with Crippen LogP contribution in [0.25, 0.3) is 16.7 Å². The zero-order chi connectivity index (χ0) is 40.9. The number of nitrogens with zero attached hydrogens (tertiary/aromatic N) is 12. The van der Waals surface area contributed by atoms with E-state index in [2.05, 4.69) is 36.8 Å². The van der Waals surface area contributed by atoms with Crippen molar-refractivity contribution in [2.45, 2.75) is 138 Å². The topological polar surface area (TPSA) is 191 Å². The molecule has 6 aliphatic rings. The molecule has 0 saturated heterocycles. The molecule has 3 fully saturated rings. The lowest BCUT2D eigenvalue weighted by molar-refractivity contribution is 0.302. The van der Waals surface area contributed by atoms with Gasteiger partial charge in [-0.2, -0.15) is 31.6 Å².